The van der Waals surface area contributed by atoms with Crippen molar-refractivity contribution in [3.63, 3.8) is 0 Å². The highest BCUT2D eigenvalue weighted by Crippen LogP contribution is 2.33. The summed E-state index contributed by atoms with van der Waals surface area (Å²) < 4.78 is 10.2. The minimum absolute atomic E-state index is 0.0115. The van der Waals surface area contributed by atoms with E-state index in [4.69, 9.17) is 9.47 Å². The van der Waals surface area contributed by atoms with Crippen molar-refractivity contribution in [1.82, 2.24) is 5.32 Å². The summed E-state index contributed by atoms with van der Waals surface area (Å²) in [5.74, 6) is 0.767. The summed E-state index contributed by atoms with van der Waals surface area (Å²) in [6.45, 7) is -0.0115. The van der Waals surface area contributed by atoms with Gasteiger partial charge in [0.2, 0.25) is 5.91 Å². The number of imide groups is 1. The van der Waals surface area contributed by atoms with Gasteiger partial charge in [-0.25, -0.2) is 4.79 Å². The van der Waals surface area contributed by atoms with E-state index in [1.807, 2.05) is 0 Å². The summed E-state index contributed by atoms with van der Waals surface area (Å²) >= 11 is 0. The van der Waals surface area contributed by atoms with Gasteiger partial charge in [0.05, 0.1) is 19.9 Å². The Morgan fingerprint density at radius 3 is 2.53 bits per heavy atom. The van der Waals surface area contributed by atoms with Crippen LogP contribution in [0.4, 0.5) is 10.5 Å². The lowest BCUT2D eigenvalue weighted by Gasteiger charge is -2.17. The first kappa shape index (κ1) is 11.3. The molecule has 0 bridgehead atoms. The quantitative estimate of drug-likeness (QED) is 0.787. The average molecular weight is 236 g/mol. The predicted molar refractivity (Wildman–Crippen MR) is 60.4 cm³/mol. The molecule has 1 fully saturated rings. The van der Waals surface area contributed by atoms with E-state index in [9.17, 15) is 9.59 Å². The molecule has 6 heteroatoms. The second-order valence-corrected chi connectivity index (χ2v) is 3.48. The molecule has 0 spiro atoms. The summed E-state index contributed by atoms with van der Waals surface area (Å²) in [4.78, 5) is 24.0. The number of anilines is 1. The number of hydrogen-bond donors (Lipinski definition) is 1. The van der Waals surface area contributed by atoms with Crippen LogP contribution in [-0.2, 0) is 4.79 Å². The molecule has 1 heterocycles. The van der Waals surface area contributed by atoms with E-state index in [0.717, 1.165) is 0 Å². The van der Waals surface area contributed by atoms with Gasteiger partial charge in [0.25, 0.3) is 0 Å². The number of nitrogens with zero attached hydrogens (tertiary/aromatic N) is 1. The minimum Gasteiger partial charge on any atom is -0.497 e. The Kier molecular flexibility index (Phi) is 2.86. The lowest BCUT2D eigenvalue weighted by atomic mass is 10.2. The highest BCUT2D eigenvalue weighted by Gasteiger charge is 2.30. The zero-order chi connectivity index (χ0) is 12.4. The molecule has 1 aliphatic rings. The van der Waals surface area contributed by atoms with Crippen molar-refractivity contribution in [2.45, 2.75) is 0 Å². The Labute approximate surface area is 98.1 Å². The molecule has 6 nitrogen and oxygen atoms in total. The zero-order valence-corrected chi connectivity index (χ0v) is 9.52. The first-order chi connectivity index (χ1) is 8.15. The van der Waals surface area contributed by atoms with Crippen LogP contribution in [0.15, 0.2) is 18.2 Å². The fourth-order valence-corrected chi connectivity index (χ4v) is 1.64. The maximum atomic E-state index is 11.6. The average Bonchev–Trinajstić information content (AvgIpc) is 2.67. The first-order valence-corrected chi connectivity index (χ1v) is 4.99. The van der Waals surface area contributed by atoms with Crippen molar-refractivity contribution in [2.75, 3.05) is 25.7 Å². The minimum atomic E-state index is -0.457. The van der Waals surface area contributed by atoms with Gasteiger partial charge < -0.3 is 9.47 Å². The van der Waals surface area contributed by atoms with Crippen LogP contribution in [0.5, 0.6) is 11.5 Å². The summed E-state index contributed by atoms with van der Waals surface area (Å²) in [6, 6.07) is 4.60. The standard InChI is InChI=1S/C11H12N2O4/c1-16-7-3-4-9(17-2)8(5-7)13-6-10(14)12-11(13)15/h3-5H,6H2,1-2H3,(H,12,14,15). The highest BCUT2D eigenvalue weighted by atomic mass is 16.5. The Morgan fingerprint density at radius 2 is 2.00 bits per heavy atom. The number of hydrogen-bond acceptors (Lipinski definition) is 4. The van der Waals surface area contributed by atoms with Gasteiger partial charge in [0.1, 0.15) is 18.0 Å². The number of methoxy groups -OCH3 is 2. The van der Waals surface area contributed by atoms with Crippen LogP contribution in [0.1, 0.15) is 0 Å². The van der Waals surface area contributed by atoms with Gasteiger partial charge in [-0.3, -0.25) is 15.0 Å². The molecule has 1 aliphatic heterocycles. The number of nitrogens with one attached hydrogen (secondary N) is 1. The molecule has 3 amide bonds. The van der Waals surface area contributed by atoms with Crippen LogP contribution in [0, 0.1) is 0 Å². The van der Waals surface area contributed by atoms with E-state index < -0.39 is 6.03 Å². The molecular weight excluding hydrogens is 224 g/mol. The van der Waals surface area contributed by atoms with Crippen molar-refractivity contribution >= 4 is 17.6 Å². The van der Waals surface area contributed by atoms with Crippen molar-refractivity contribution < 1.29 is 19.1 Å². The van der Waals surface area contributed by atoms with E-state index in [2.05, 4.69) is 5.32 Å². The Bertz CT molecular complexity index is 473. The topological polar surface area (TPSA) is 67.9 Å². The molecule has 1 aromatic carbocycles. The van der Waals surface area contributed by atoms with Crippen molar-refractivity contribution in [3.05, 3.63) is 18.2 Å². The summed E-state index contributed by atoms with van der Waals surface area (Å²) in [7, 11) is 3.03. The van der Waals surface area contributed by atoms with Gasteiger partial charge in [0.15, 0.2) is 0 Å². The van der Waals surface area contributed by atoms with Crippen LogP contribution >= 0.6 is 0 Å². The summed E-state index contributed by atoms with van der Waals surface area (Å²) in [6.07, 6.45) is 0. The van der Waals surface area contributed by atoms with E-state index >= 15 is 0 Å². The third-order valence-electron chi connectivity index (χ3n) is 2.47. The van der Waals surface area contributed by atoms with Gasteiger partial charge in [-0.05, 0) is 12.1 Å². The lowest BCUT2D eigenvalue weighted by molar-refractivity contribution is -0.117. The fraction of sp³-hybridized carbons (Fsp3) is 0.273. The second kappa shape index (κ2) is 4.32. The van der Waals surface area contributed by atoms with E-state index in [1.165, 1.54) is 19.1 Å². The molecule has 2 rings (SSSR count). The third kappa shape index (κ3) is 2.01. The van der Waals surface area contributed by atoms with E-state index in [0.29, 0.717) is 17.2 Å². The Morgan fingerprint density at radius 1 is 1.24 bits per heavy atom. The molecule has 17 heavy (non-hydrogen) atoms. The largest absolute Gasteiger partial charge is 0.497 e. The number of urea groups is 1. The molecule has 90 valence electrons. The second-order valence-electron chi connectivity index (χ2n) is 3.48. The number of carbonyl (C=O) groups excluding carboxylic acids is 2. The van der Waals surface area contributed by atoms with Crippen LogP contribution in [0.2, 0.25) is 0 Å². The summed E-state index contributed by atoms with van der Waals surface area (Å²) in [5.41, 5.74) is 0.509. The van der Waals surface area contributed by atoms with Gasteiger partial charge >= 0.3 is 6.03 Å². The number of ether oxygens (including phenoxy) is 2. The normalized spacial score (nSPS) is 14.8. The Hall–Kier alpha value is -2.24. The number of rotatable bonds is 3. The highest BCUT2D eigenvalue weighted by molar-refractivity contribution is 6.12. The van der Waals surface area contributed by atoms with Crippen LogP contribution < -0.4 is 19.7 Å². The van der Waals surface area contributed by atoms with Crippen molar-refractivity contribution in [3.8, 4) is 11.5 Å². The van der Waals surface area contributed by atoms with Gasteiger partial charge in [-0.15, -0.1) is 0 Å². The predicted octanol–water partition coefficient (Wildman–Crippen LogP) is 0.760. The molecule has 0 radical (unpaired) electrons. The molecular formula is C11H12N2O4. The maximum Gasteiger partial charge on any atom is 0.329 e. The molecule has 0 saturated carbocycles. The van der Waals surface area contributed by atoms with Crippen molar-refractivity contribution in [1.29, 1.82) is 0 Å². The maximum absolute atomic E-state index is 11.6. The molecule has 0 aromatic heterocycles. The van der Waals surface area contributed by atoms with Crippen LogP contribution in [0.3, 0.4) is 0 Å². The van der Waals surface area contributed by atoms with Crippen LogP contribution in [0.25, 0.3) is 0 Å². The van der Waals surface area contributed by atoms with E-state index in [1.54, 1.807) is 18.2 Å². The van der Waals surface area contributed by atoms with Crippen molar-refractivity contribution in [2.24, 2.45) is 0 Å². The number of carbonyl (C=O) groups is 2. The Balaban J connectivity index is 2.42. The molecule has 0 aliphatic carbocycles. The molecule has 1 aromatic rings. The third-order valence-corrected chi connectivity index (χ3v) is 2.47. The lowest BCUT2D eigenvalue weighted by Crippen LogP contribution is -2.28. The fourth-order valence-electron chi connectivity index (χ4n) is 1.64. The van der Waals surface area contributed by atoms with Gasteiger partial charge in [0, 0.05) is 6.07 Å². The van der Waals surface area contributed by atoms with Crippen LogP contribution in [-0.4, -0.2) is 32.7 Å². The molecule has 1 saturated heterocycles. The molecule has 0 atom stereocenters. The number of amides is 3. The summed E-state index contributed by atoms with van der Waals surface area (Å²) in [5, 5.41) is 2.21. The van der Waals surface area contributed by atoms with Gasteiger partial charge in [-0.1, -0.05) is 0 Å². The monoisotopic (exact) mass is 236 g/mol. The molecule has 0 unspecified atom stereocenters. The smallest absolute Gasteiger partial charge is 0.329 e. The van der Waals surface area contributed by atoms with Gasteiger partial charge in [-0.2, -0.15) is 0 Å². The first-order valence-electron chi connectivity index (χ1n) is 4.99. The van der Waals surface area contributed by atoms with E-state index in [-0.39, 0.29) is 12.5 Å². The zero-order valence-electron chi connectivity index (χ0n) is 9.52. The number of benzene rings is 1. The molecule has 1 N–H and O–H groups in total. The SMILES string of the molecule is COc1ccc(OC)c(N2CC(=O)NC2=O)c1.